The lowest BCUT2D eigenvalue weighted by atomic mass is 9.78. The normalized spacial score (nSPS) is 31.3. The molecular formula is C21H28N2O3. The molecule has 1 N–H and O–H groups in total. The van der Waals surface area contributed by atoms with Crippen LogP contribution in [0, 0.1) is 31.6 Å². The van der Waals surface area contributed by atoms with Crippen molar-refractivity contribution in [3.63, 3.8) is 0 Å². The molecule has 4 atom stereocenters. The summed E-state index contributed by atoms with van der Waals surface area (Å²) in [6.45, 7) is 5.49. The van der Waals surface area contributed by atoms with Crippen LogP contribution in [0.1, 0.15) is 37.1 Å². The maximum atomic E-state index is 12.7. The highest BCUT2D eigenvalue weighted by molar-refractivity contribution is 5.80. The van der Waals surface area contributed by atoms with Crippen LogP contribution in [0.4, 0.5) is 0 Å². The van der Waals surface area contributed by atoms with Gasteiger partial charge in [0.1, 0.15) is 11.9 Å². The molecule has 26 heavy (non-hydrogen) atoms. The summed E-state index contributed by atoms with van der Waals surface area (Å²) in [4.78, 5) is 19.2. The third kappa shape index (κ3) is 3.37. The van der Waals surface area contributed by atoms with E-state index in [0.29, 0.717) is 18.3 Å². The Morgan fingerprint density at radius 2 is 1.85 bits per heavy atom. The van der Waals surface area contributed by atoms with Crippen molar-refractivity contribution in [2.24, 2.45) is 17.8 Å². The van der Waals surface area contributed by atoms with Crippen molar-refractivity contribution in [2.45, 2.75) is 51.7 Å². The van der Waals surface area contributed by atoms with E-state index >= 15 is 0 Å². The number of aliphatic hydroxyl groups is 1. The van der Waals surface area contributed by atoms with Gasteiger partial charge in [-0.05, 0) is 63.5 Å². The van der Waals surface area contributed by atoms with Crippen molar-refractivity contribution in [1.82, 2.24) is 9.88 Å². The Hall–Kier alpha value is -1.88. The quantitative estimate of drug-likeness (QED) is 0.846. The summed E-state index contributed by atoms with van der Waals surface area (Å²) >= 11 is 0. The van der Waals surface area contributed by atoms with Crippen molar-refractivity contribution in [3.05, 3.63) is 35.7 Å². The van der Waals surface area contributed by atoms with Gasteiger partial charge in [0, 0.05) is 24.7 Å². The number of likely N-dealkylation sites (tertiary alicyclic amines) is 1. The Kier molecular flexibility index (Phi) is 4.74. The minimum Gasteiger partial charge on any atom is -0.486 e. The number of aryl methyl sites for hydroxylation is 2. The van der Waals surface area contributed by atoms with Crippen LogP contribution in [0.3, 0.4) is 0 Å². The highest BCUT2D eigenvalue weighted by atomic mass is 16.5. The van der Waals surface area contributed by atoms with Crippen molar-refractivity contribution in [2.75, 3.05) is 13.1 Å². The Morgan fingerprint density at radius 1 is 1.15 bits per heavy atom. The molecule has 5 heteroatoms. The fraction of sp³-hybridized carbons (Fsp3) is 0.619. The van der Waals surface area contributed by atoms with E-state index in [4.69, 9.17) is 4.74 Å². The number of hydrogen-bond acceptors (Lipinski definition) is 4. The highest BCUT2D eigenvalue weighted by Gasteiger charge is 2.44. The van der Waals surface area contributed by atoms with Gasteiger partial charge in [0.05, 0.1) is 11.8 Å². The number of ether oxygens (including phenoxy) is 1. The molecule has 2 aliphatic carbocycles. The second-order valence-electron chi connectivity index (χ2n) is 8.13. The van der Waals surface area contributed by atoms with E-state index < -0.39 is 6.10 Å². The lowest BCUT2D eigenvalue weighted by molar-refractivity contribution is -0.134. The van der Waals surface area contributed by atoms with E-state index in [9.17, 15) is 9.90 Å². The minimum atomic E-state index is -0.486. The second kappa shape index (κ2) is 7.03. The summed E-state index contributed by atoms with van der Waals surface area (Å²) < 4.78 is 6.13. The molecule has 140 valence electrons. The van der Waals surface area contributed by atoms with Gasteiger partial charge in [-0.2, -0.15) is 0 Å². The van der Waals surface area contributed by atoms with Crippen molar-refractivity contribution in [3.8, 4) is 5.75 Å². The molecule has 2 heterocycles. The van der Waals surface area contributed by atoms with Crippen molar-refractivity contribution < 1.29 is 14.6 Å². The summed E-state index contributed by atoms with van der Waals surface area (Å²) in [5.41, 5.74) is 1.82. The fourth-order valence-electron chi connectivity index (χ4n) is 4.74. The largest absolute Gasteiger partial charge is 0.486 e. The number of carbonyl (C=O) groups excluding carboxylic acids is 1. The second-order valence-corrected chi connectivity index (χ2v) is 8.13. The van der Waals surface area contributed by atoms with Crippen molar-refractivity contribution >= 4 is 5.91 Å². The standard InChI is InChI=1S/C21H28N2O3/c1-13-7-8-19(14(2)22-13)26-20-10-17-12-23(11-16(17)9-18(20)24)21(25)15-5-3-4-6-15/h3-4,7-8,15-18,20,24H,5-6,9-12H2,1-2H3/t16-,17+,18+,20+/m0/s1. The van der Waals surface area contributed by atoms with Crippen LogP contribution in [0.2, 0.25) is 0 Å². The number of nitrogens with zero attached hydrogens (tertiary/aromatic N) is 2. The van der Waals surface area contributed by atoms with E-state index in [1.807, 2.05) is 30.9 Å². The van der Waals surface area contributed by atoms with E-state index in [-0.39, 0.29) is 17.9 Å². The zero-order valence-corrected chi connectivity index (χ0v) is 15.6. The SMILES string of the molecule is Cc1ccc(O[C@@H]2C[C@@H]3CN(C(=O)C4CC=CC4)C[C@@H]3C[C@H]2O)c(C)n1. The molecule has 1 saturated carbocycles. The number of fused-ring (bicyclic) bond motifs is 1. The topological polar surface area (TPSA) is 62.7 Å². The maximum Gasteiger partial charge on any atom is 0.226 e. The zero-order valence-electron chi connectivity index (χ0n) is 15.6. The number of aromatic nitrogens is 1. The molecule has 0 aromatic carbocycles. The number of rotatable bonds is 3. The molecule has 2 fully saturated rings. The molecule has 0 bridgehead atoms. The molecular weight excluding hydrogens is 328 g/mol. The first kappa shape index (κ1) is 17.5. The van der Waals surface area contributed by atoms with Gasteiger partial charge in [-0.25, -0.2) is 0 Å². The Labute approximate surface area is 155 Å². The number of carbonyl (C=O) groups is 1. The predicted octanol–water partition coefficient (Wildman–Crippen LogP) is 2.64. The zero-order chi connectivity index (χ0) is 18.3. The van der Waals surface area contributed by atoms with E-state index in [1.165, 1.54) is 0 Å². The molecule has 1 saturated heterocycles. The Bertz CT molecular complexity index is 709. The average Bonchev–Trinajstić information content (AvgIpc) is 3.26. The van der Waals surface area contributed by atoms with E-state index in [2.05, 4.69) is 17.1 Å². The minimum absolute atomic E-state index is 0.133. The van der Waals surface area contributed by atoms with Gasteiger partial charge in [0.15, 0.2) is 0 Å². The molecule has 1 aliphatic heterocycles. The summed E-state index contributed by atoms with van der Waals surface area (Å²) in [7, 11) is 0. The fourth-order valence-corrected chi connectivity index (χ4v) is 4.74. The Balaban J connectivity index is 1.40. The molecule has 0 radical (unpaired) electrons. The lowest BCUT2D eigenvalue weighted by Crippen LogP contribution is -2.42. The van der Waals surface area contributed by atoms with Crippen LogP contribution in [-0.2, 0) is 4.79 Å². The molecule has 0 spiro atoms. The number of amides is 1. The van der Waals surface area contributed by atoms with Crippen LogP contribution in [0.5, 0.6) is 5.75 Å². The summed E-state index contributed by atoms with van der Waals surface area (Å²) in [6.07, 6.45) is 6.76. The number of hydrogen-bond donors (Lipinski definition) is 1. The summed E-state index contributed by atoms with van der Waals surface area (Å²) in [5, 5.41) is 10.6. The number of pyridine rings is 1. The van der Waals surface area contributed by atoms with Crippen LogP contribution >= 0.6 is 0 Å². The lowest BCUT2D eigenvalue weighted by Gasteiger charge is -2.35. The number of aliphatic hydroxyl groups excluding tert-OH is 1. The van der Waals surface area contributed by atoms with Crippen molar-refractivity contribution in [1.29, 1.82) is 0 Å². The van der Waals surface area contributed by atoms with Crippen LogP contribution in [0.15, 0.2) is 24.3 Å². The first-order valence-electron chi connectivity index (χ1n) is 9.74. The van der Waals surface area contributed by atoms with Crippen LogP contribution in [-0.4, -0.2) is 46.2 Å². The third-order valence-electron chi connectivity index (χ3n) is 6.21. The van der Waals surface area contributed by atoms with Gasteiger partial charge < -0.3 is 14.7 Å². The van der Waals surface area contributed by atoms with Gasteiger partial charge in [0.25, 0.3) is 0 Å². The van der Waals surface area contributed by atoms with Gasteiger partial charge in [-0.15, -0.1) is 0 Å². The predicted molar refractivity (Wildman–Crippen MR) is 98.8 cm³/mol. The van der Waals surface area contributed by atoms with Gasteiger partial charge in [0.2, 0.25) is 5.91 Å². The highest BCUT2D eigenvalue weighted by Crippen LogP contribution is 2.39. The molecule has 1 aromatic heterocycles. The summed E-state index contributed by atoms with van der Waals surface area (Å²) in [6, 6.07) is 3.87. The molecule has 1 aromatic rings. The molecule has 5 nitrogen and oxygen atoms in total. The monoisotopic (exact) mass is 356 g/mol. The number of allylic oxidation sites excluding steroid dienone is 2. The molecule has 3 aliphatic rings. The van der Waals surface area contributed by atoms with Gasteiger partial charge in [-0.3, -0.25) is 9.78 Å². The first-order chi connectivity index (χ1) is 12.5. The average molecular weight is 356 g/mol. The molecule has 4 rings (SSSR count). The summed E-state index contributed by atoms with van der Waals surface area (Å²) in [5.74, 6) is 1.98. The first-order valence-corrected chi connectivity index (χ1v) is 9.74. The van der Waals surface area contributed by atoms with E-state index in [1.54, 1.807) is 0 Å². The van der Waals surface area contributed by atoms with Crippen LogP contribution in [0.25, 0.3) is 0 Å². The van der Waals surface area contributed by atoms with Crippen LogP contribution < -0.4 is 4.74 Å². The van der Waals surface area contributed by atoms with Gasteiger partial charge in [-0.1, -0.05) is 12.2 Å². The maximum absolute atomic E-state index is 12.7. The van der Waals surface area contributed by atoms with E-state index in [0.717, 1.165) is 49.5 Å². The van der Waals surface area contributed by atoms with Gasteiger partial charge >= 0.3 is 0 Å². The smallest absolute Gasteiger partial charge is 0.226 e. The molecule has 1 amide bonds. The molecule has 0 unspecified atom stereocenters. The Morgan fingerprint density at radius 3 is 2.54 bits per heavy atom. The third-order valence-corrected chi connectivity index (χ3v) is 6.21.